The Morgan fingerprint density at radius 2 is 1.87 bits per heavy atom. The first-order valence-electron chi connectivity index (χ1n) is 11.5. The van der Waals surface area contributed by atoms with Crippen molar-refractivity contribution in [3.8, 4) is 11.5 Å². The molecule has 2 aromatic heterocycles. The quantitative estimate of drug-likeness (QED) is 0.269. The molecule has 1 aliphatic heterocycles. The number of hydrogen-bond donors (Lipinski definition) is 1. The zero-order valence-corrected chi connectivity index (χ0v) is 20.9. The van der Waals surface area contributed by atoms with E-state index < -0.39 is 29.3 Å². The number of furan rings is 1. The van der Waals surface area contributed by atoms with E-state index in [0.717, 1.165) is 4.70 Å². The number of carbonyl (C=O) groups is 2. The molecule has 0 bridgehead atoms. The molecule has 10 heteroatoms. The van der Waals surface area contributed by atoms with Crippen LogP contribution in [0.1, 0.15) is 22.2 Å². The lowest BCUT2D eigenvalue weighted by Crippen LogP contribution is -2.30. The van der Waals surface area contributed by atoms with E-state index in [1.54, 1.807) is 43.5 Å². The molecule has 0 saturated carbocycles. The average Bonchev–Trinajstić information content (AvgIpc) is 3.62. The predicted molar refractivity (Wildman–Crippen MR) is 140 cm³/mol. The van der Waals surface area contributed by atoms with Gasteiger partial charge in [0, 0.05) is 5.39 Å². The van der Waals surface area contributed by atoms with E-state index in [1.165, 1.54) is 53.7 Å². The summed E-state index contributed by atoms with van der Waals surface area (Å²) in [5.41, 5.74) is 1.19. The number of Topliss-reactive ketones (excluding diaryl/α,β-unsaturated/α-hetero) is 1. The Labute approximate surface area is 219 Å². The van der Waals surface area contributed by atoms with Crippen LogP contribution in [0.2, 0.25) is 0 Å². The van der Waals surface area contributed by atoms with Crippen LogP contribution in [-0.2, 0) is 4.79 Å². The highest BCUT2D eigenvalue weighted by molar-refractivity contribution is 7.22. The number of thiazole rings is 1. The van der Waals surface area contributed by atoms with Gasteiger partial charge in [-0.3, -0.25) is 14.5 Å². The molecule has 0 aliphatic carbocycles. The van der Waals surface area contributed by atoms with Gasteiger partial charge in [-0.2, -0.15) is 0 Å². The number of rotatable bonds is 6. The van der Waals surface area contributed by atoms with Crippen LogP contribution < -0.4 is 14.4 Å². The van der Waals surface area contributed by atoms with Crippen molar-refractivity contribution in [1.82, 2.24) is 4.98 Å². The maximum atomic E-state index is 13.8. The van der Waals surface area contributed by atoms with Gasteiger partial charge in [0.15, 0.2) is 28.0 Å². The highest BCUT2D eigenvalue weighted by Gasteiger charge is 2.46. The Kier molecular flexibility index (Phi) is 5.61. The van der Waals surface area contributed by atoms with E-state index in [4.69, 9.17) is 13.9 Å². The van der Waals surface area contributed by atoms with Gasteiger partial charge in [-0.15, -0.1) is 0 Å². The Balaban J connectivity index is 1.50. The average molecular weight is 531 g/mol. The molecule has 38 heavy (non-hydrogen) atoms. The van der Waals surface area contributed by atoms with Gasteiger partial charge in [0.2, 0.25) is 5.78 Å². The molecule has 1 atom stereocenters. The number of hydrogen-bond acceptors (Lipinski definition) is 8. The Morgan fingerprint density at radius 3 is 2.61 bits per heavy atom. The Morgan fingerprint density at radius 1 is 1.08 bits per heavy atom. The summed E-state index contributed by atoms with van der Waals surface area (Å²) in [6, 6.07) is 16.3. The SMILES string of the molecule is COc1ccc2nc(N3C(=O)C(O)=C(C(=O)c4cc5cccc(OC)c5o4)C3c3ccc(F)cc3)sc2c1. The van der Waals surface area contributed by atoms with Crippen molar-refractivity contribution in [2.45, 2.75) is 6.04 Å². The fraction of sp³-hybridized carbons (Fsp3) is 0.107. The summed E-state index contributed by atoms with van der Waals surface area (Å²) in [6.45, 7) is 0. The largest absolute Gasteiger partial charge is 0.503 e. The van der Waals surface area contributed by atoms with E-state index in [0.29, 0.717) is 33.5 Å². The minimum atomic E-state index is -1.08. The first-order valence-corrected chi connectivity index (χ1v) is 12.3. The van der Waals surface area contributed by atoms with E-state index in [-0.39, 0.29) is 16.5 Å². The standard InChI is InChI=1S/C28H19FN2O6S/c1-35-17-10-11-18-21(13-17)38-28(30-18)31-23(14-6-8-16(29)9-7-14)22(25(33)27(31)34)24(32)20-12-15-4-3-5-19(36-2)26(15)37-20/h3-13,23,33H,1-2H3. The second kappa shape index (κ2) is 9.00. The summed E-state index contributed by atoms with van der Waals surface area (Å²) in [5.74, 6) is -1.73. The zero-order valence-electron chi connectivity index (χ0n) is 20.1. The van der Waals surface area contributed by atoms with Crippen molar-refractivity contribution in [2.24, 2.45) is 0 Å². The first-order chi connectivity index (χ1) is 18.4. The van der Waals surface area contributed by atoms with Crippen LogP contribution >= 0.6 is 11.3 Å². The predicted octanol–water partition coefficient (Wildman–Crippen LogP) is 5.98. The smallest absolute Gasteiger partial charge is 0.296 e. The number of aliphatic hydroxyl groups is 1. The third kappa shape index (κ3) is 3.69. The molecule has 0 fully saturated rings. The number of aliphatic hydroxyl groups excluding tert-OH is 1. The van der Waals surface area contributed by atoms with Crippen LogP contribution in [0.15, 0.2) is 82.5 Å². The summed E-state index contributed by atoms with van der Waals surface area (Å²) in [4.78, 5) is 33.1. The van der Waals surface area contributed by atoms with Crippen molar-refractivity contribution in [3.63, 3.8) is 0 Å². The summed E-state index contributed by atoms with van der Waals surface area (Å²) in [5, 5.41) is 11.9. The van der Waals surface area contributed by atoms with Crippen LogP contribution in [0.4, 0.5) is 9.52 Å². The van der Waals surface area contributed by atoms with Crippen molar-refractivity contribution >= 4 is 49.3 Å². The fourth-order valence-electron chi connectivity index (χ4n) is 4.56. The van der Waals surface area contributed by atoms with Gasteiger partial charge in [0.1, 0.15) is 11.6 Å². The molecule has 1 N–H and O–H groups in total. The monoisotopic (exact) mass is 530 g/mol. The molecule has 3 aromatic carbocycles. The minimum Gasteiger partial charge on any atom is -0.503 e. The Bertz CT molecular complexity index is 1770. The number of methoxy groups -OCH3 is 2. The first kappa shape index (κ1) is 23.7. The number of halogens is 1. The van der Waals surface area contributed by atoms with Crippen LogP contribution in [0.3, 0.4) is 0 Å². The number of nitrogens with zero attached hydrogens (tertiary/aromatic N) is 2. The number of fused-ring (bicyclic) bond motifs is 2. The number of benzene rings is 3. The number of para-hydroxylation sites is 1. The molecular weight excluding hydrogens is 511 g/mol. The molecule has 5 aromatic rings. The number of anilines is 1. The fourth-order valence-corrected chi connectivity index (χ4v) is 5.58. The molecule has 190 valence electrons. The number of amides is 1. The van der Waals surface area contributed by atoms with Crippen LogP contribution in [0.25, 0.3) is 21.2 Å². The minimum absolute atomic E-state index is 0.0816. The molecule has 0 saturated heterocycles. The normalized spacial score (nSPS) is 15.6. The van der Waals surface area contributed by atoms with Crippen LogP contribution in [0.5, 0.6) is 11.5 Å². The lowest BCUT2D eigenvalue weighted by Gasteiger charge is -2.24. The maximum absolute atomic E-state index is 13.8. The van der Waals surface area contributed by atoms with Gasteiger partial charge in [0.25, 0.3) is 5.91 Å². The topological polar surface area (TPSA) is 102 Å². The van der Waals surface area contributed by atoms with Crippen molar-refractivity contribution in [3.05, 3.63) is 95.2 Å². The van der Waals surface area contributed by atoms with Gasteiger partial charge in [-0.1, -0.05) is 35.6 Å². The molecule has 1 unspecified atom stereocenters. The van der Waals surface area contributed by atoms with Crippen molar-refractivity contribution in [2.75, 3.05) is 19.1 Å². The van der Waals surface area contributed by atoms with Gasteiger partial charge >= 0.3 is 0 Å². The van der Waals surface area contributed by atoms with Crippen LogP contribution in [-0.4, -0.2) is 36.0 Å². The lowest BCUT2D eigenvalue weighted by atomic mass is 9.95. The second-order valence-electron chi connectivity index (χ2n) is 8.54. The van der Waals surface area contributed by atoms with Gasteiger partial charge in [-0.05, 0) is 48.0 Å². The second-order valence-corrected chi connectivity index (χ2v) is 9.55. The van der Waals surface area contributed by atoms with E-state index >= 15 is 0 Å². The highest BCUT2D eigenvalue weighted by atomic mass is 32.1. The molecular formula is C28H19FN2O6S. The molecule has 1 amide bonds. The van der Waals surface area contributed by atoms with Crippen molar-refractivity contribution in [1.29, 1.82) is 0 Å². The molecule has 6 rings (SSSR count). The molecule has 1 aliphatic rings. The summed E-state index contributed by atoms with van der Waals surface area (Å²) in [7, 11) is 3.03. The third-order valence-corrected chi connectivity index (χ3v) is 7.40. The van der Waals surface area contributed by atoms with Gasteiger partial charge < -0.3 is 19.0 Å². The molecule has 8 nitrogen and oxygen atoms in total. The number of ketones is 1. The third-order valence-electron chi connectivity index (χ3n) is 6.38. The van der Waals surface area contributed by atoms with Gasteiger partial charge in [-0.25, -0.2) is 9.37 Å². The summed E-state index contributed by atoms with van der Waals surface area (Å²) in [6.07, 6.45) is 0. The summed E-state index contributed by atoms with van der Waals surface area (Å²) >= 11 is 1.20. The summed E-state index contributed by atoms with van der Waals surface area (Å²) < 4.78 is 31.0. The highest BCUT2D eigenvalue weighted by Crippen LogP contribution is 2.45. The lowest BCUT2D eigenvalue weighted by molar-refractivity contribution is -0.117. The van der Waals surface area contributed by atoms with E-state index in [2.05, 4.69) is 4.98 Å². The zero-order chi connectivity index (χ0) is 26.6. The maximum Gasteiger partial charge on any atom is 0.296 e. The molecule has 3 heterocycles. The number of ether oxygens (including phenoxy) is 2. The number of carbonyl (C=O) groups excluding carboxylic acids is 2. The molecule has 0 spiro atoms. The molecule has 0 radical (unpaired) electrons. The van der Waals surface area contributed by atoms with Gasteiger partial charge in [0.05, 0.1) is 36.1 Å². The van der Waals surface area contributed by atoms with E-state index in [9.17, 15) is 19.1 Å². The van der Waals surface area contributed by atoms with Crippen molar-refractivity contribution < 1.29 is 33.0 Å². The number of aromatic nitrogens is 1. The van der Waals surface area contributed by atoms with Crippen LogP contribution in [0, 0.1) is 5.82 Å². The van der Waals surface area contributed by atoms with E-state index in [1.807, 2.05) is 0 Å². The Hall–Kier alpha value is -4.70.